The first-order chi connectivity index (χ1) is 12.5. The van der Waals surface area contributed by atoms with E-state index < -0.39 is 0 Å². The van der Waals surface area contributed by atoms with Gasteiger partial charge in [-0.2, -0.15) is 0 Å². The molecule has 1 rings (SSSR count). The van der Waals surface area contributed by atoms with Crippen molar-refractivity contribution >= 4 is 11.9 Å². The summed E-state index contributed by atoms with van der Waals surface area (Å²) in [5.74, 6) is 6.13. The van der Waals surface area contributed by atoms with Crippen LogP contribution in [0.1, 0.15) is 50.7 Å². The molecule has 0 saturated heterocycles. The van der Waals surface area contributed by atoms with Gasteiger partial charge in [-0.1, -0.05) is 30.9 Å². The van der Waals surface area contributed by atoms with E-state index in [0.29, 0.717) is 31.8 Å². The van der Waals surface area contributed by atoms with Gasteiger partial charge in [-0.15, -0.1) is 0 Å². The number of methoxy groups -OCH3 is 1. The maximum absolute atomic E-state index is 11.3. The van der Waals surface area contributed by atoms with E-state index in [4.69, 9.17) is 4.74 Å². The second kappa shape index (κ2) is 12.1. The van der Waals surface area contributed by atoms with E-state index in [1.807, 2.05) is 31.2 Å². The maximum atomic E-state index is 11.3. The Balaban J connectivity index is 2.39. The van der Waals surface area contributed by atoms with Crippen LogP contribution in [0.3, 0.4) is 0 Å². The van der Waals surface area contributed by atoms with Gasteiger partial charge in [0.2, 0.25) is 5.91 Å². The van der Waals surface area contributed by atoms with Gasteiger partial charge >= 0.3 is 5.97 Å². The predicted octanol–water partition coefficient (Wildman–Crippen LogP) is 3.06. The fourth-order valence-corrected chi connectivity index (χ4v) is 2.23. The molecule has 1 amide bonds. The van der Waals surface area contributed by atoms with Crippen molar-refractivity contribution in [1.29, 1.82) is 0 Å². The summed E-state index contributed by atoms with van der Waals surface area (Å²) in [6, 6.07) is 7.88. The number of hydrogen-bond donors (Lipinski definition) is 1. The molecule has 5 heteroatoms. The Kier molecular flexibility index (Phi) is 10.1. The van der Waals surface area contributed by atoms with E-state index in [0.717, 1.165) is 17.5 Å². The summed E-state index contributed by atoms with van der Waals surface area (Å²) in [6.07, 6.45) is 2.21. The summed E-state index contributed by atoms with van der Waals surface area (Å²) in [5.41, 5.74) is 1.99. The normalized spacial score (nSPS) is 12.5. The third-order valence-corrected chi connectivity index (χ3v) is 4.29. The van der Waals surface area contributed by atoms with Crippen LogP contribution in [0.5, 0.6) is 0 Å². The van der Waals surface area contributed by atoms with E-state index in [1.165, 1.54) is 7.11 Å². The zero-order valence-electron chi connectivity index (χ0n) is 16.1. The molecule has 1 N–H and O–H groups in total. The van der Waals surface area contributed by atoms with Gasteiger partial charge in [0.15, 0.2) is 0 Å². The van der Waals surface area contributed by atoms with Gasteiger partial charge in [0, 0.05) is 25.5 Å². The van der Waals surface area contributed by atoms with Gasteiger partial charge in [0.1, 0.15) is 0 Å². The van der Waals surface area contributed by atoms with E-state index in [9.17, 15) is 9.59 Å². The molecule has 2 atom stereocenters. The molecular formula is C21H29NO4. The Labute approximate surface area is 156 Å². The summed E-state index contributed by atoms with van der Waals surface area (Å²) in [6.45, 7) is 4.66. The minimum absolute atomic E-state index is 0.0623. The van der Waals surface area contributed by atoms with Gasteiger partial charge in [0.25, 0.3) is 0 Å². The lowest BCUT2D eigenvalue weighted by atomic mass is 10.00. The van der Waals surface area contributed by atoms with Gasteiger partial charge in [-0.3, -0.25) is 9.59 Å². The lowest BCUT2D eigenvalue weighted by Gasteiger charge is -2.20. The molecule has 0 radical (unpaired) electrons. The Hall–Kier alpha value is -2.32. The molecule has 26 heavy (non-hydrogen) atoms. The second-order valence-electron chi connectivity index (χ2n) is 6.28. The van der Waals surface area contributed by atoms with Crippen molar-refractivity contribution in [1.82, 2.24) is 5.32 Å². The lowest BCUT2D eigenvalue weighted by Crippen LogP contribution is -2.22. The minimum Gasteiger partial charge on any atom is -0.469 e. The summed E-state index contributed by atoms with van der Waals surface area (Å²) < 4.78 is 10.5. The largest absolute Gasteiger partial charge is 0.469 e. The van der Waals surface area contributed by atoms with Crippen LogP contribution in [0, 0.1) is 17.8 Å². The molecule has 142 valence electrons. The van der Waals surface area contributed by atoms with Crippen molar-refractivity contribution in [3.05, 3.63) is 35.4 Å². The van der Waals surface area contributed by atoms with E-state index in [2.05, 4.69) is 28.8 Å². The fourth-order valence-electron chi connectivity index (χ4n) is 2.23. The number of carbonyl (C=O) groups is 2. The monoisotopic (exact) mass is 359 g/mol. The van der Waals surface area contributed by atoms with E-state index >= 15 is 0 Å². The number of esters is 1. The molecule has 0 aromatic heterocycles. The second-order valence-corrected chi connectivity index (χ2v) is 6.28. The Morgan fingerprint density at radius 2 is 1.85 bits per heavy atom. The standard InChI is InChI=1S/C21H29NO4/c1-16(9-14-20(23)22-3)17(2)26-15-19-12-10-18(11-13-19)7-5-6-8-21(24)25-4/h10-13,16-17H,6,8-9,14-15H2,1-4H3,(H,22,23)/t16-,17+/m0/s1. The molecule has 1 aromatic rings. The Morgan fingerprint density at radius 3 is 2.46 bits per heavy atom. The number of rotatable bonds is 9. The van der Waals surface area contributed by atoms with Gasteiger partial charge in [0.05, 0.1) is 26.2 Å². The van der Waals surface area contributed by atoms with Crippen molar-refractivity contribution in [2.75, 3.05) is 14.2 Å². The number of ether oxygens (including phenoxy) is 2. The molecule has 0 aliphatic heterocycles. The third kappa shape index (κ3) is 8.68. The topological polar surface area (TPSA) is 64.6 Å². The van der Waals surface area contributed by atoms with Crippen LogP contribution in [0.25, 0.3) is 0 Å². The molecule has 0 bridgehead atoms. The molecule has 1 aromatic carbocycles. The SMILES string of the molecule is CNC(=O)CC[C@H](C)[C@@H](C)OCc1ccc(C#CCCC(=O)OC)cc1. The zero-order chi connectivity index (χ0) is 19.4. The Morgan fingerprint density at radius 1 is 1.15 bits per heavy atom. The first-order valence-corrected chi connectivity index (χ1v) is 8.93. The van der Waals surface area contributed by atoms with E-state index in [-0.39, 0.29) is 18.0 Å². The van der Waals surface area contributed by atoms with Gasteiger partial charge in [-0.25, -0.2) is 0 Å². The lowest BCUT2D eigenvalue weighted by molar-refractivity contribution is -0.140. The molecule has 0 saturated carbocycles. The average Bonchev–Trinajstić information content (AvgIpc) is 2.67. The quantitative estimate of drug-likeness (QED) is 0.544. The highest BCUT2D eigenvalue weighted by atomic mass is 16.5. The molecular weight excluding hydrogens is 330 g/mol. The van der Waals surface area contributed by atoms with E-state index in [1.54, 1.807) is 7.05 Å². The summed E-state index contributed by atoms with van der Waals surface area (Å²) in [7, 11) is 3.03. The first-order valence-electron chi connectivity index (χ1n) is 8.93. The summed E-state index contributed by atoms with van der Waals surface area (Å²) in [5, 5.41) is 2.64. The number of benzene rings is 1. The molecule has 0 fully saturated rings. The summed E-state index contributed by atoms with van der Waals surface area (Å²) in [4.78, 5) is 22.3. The molecule has 0 unspecified atom stereocenters. The van der Waals surface area contributed by atoms with Crippen LogP contribution < -0.4 is 5.32 Å². The first kappa shape index (κ1) is 21.7. The Bertz CT molecular complexity index is 628. The number of amides is 1. The van der Waals surface area contributed by atoms with Crippen molar-refractivity contribution in [2.45, 2.75) is 52.2 Å². The zero-order valence-corrected chi connectivity index (χ0v) is 16.1. The number of carbonyl (C=O) groups excluding carboxylic acids is 2. The van der Waals surface area contributed by atoms with Crippen LogP contribution >= 0.6 is 0 Å². The van der Waals surface area contributed by atoms with Crippen molar-refractivity contribution in [3.8, 4) is 11.8 Å². The van der Waals surface area contributed by atoms with Crippen LogP contribution in [-0.4, -0.2) is 32.1 Å². The third-order valence-electron chi connectivity index (χ3n) is 4.29. The number of nitrogens with one attached hydrogen (secondary N) is 1. The molecule has 0 aliphatic carbocycles. The highest BCUT2D eigenvalue weighted by Gasteiger charge is 2.14. The highest BCUT2D eigenvalue weighted by molar-refractivity contribution is 5.75. The molecule has 0 spiro atoms. The smallest absolute Gasteiger partial charge is 0.306 e. The predicted molar refractivity (Wildman–Crippen MR) is 101 cm³/mol. The van der Waals surface area contributed by atoms with Crippen LogP contribution in [0.2, 0.25) is 0 Å². The van der Waals surface area contributed by atoms with Crippen molar-refractivity contribution in [3.63, 3.8) is 0 Å². The maximum Gasteiger partial charge on any atom is 0.306 e. The molecule has 0 heterocycles. The van der Waals surface area contributed by atoms with Gasteiger partial charge in [-0.05, 0) is 37.0 Å². The van der Waals surface area contributed by atoms with Crippen molar-refractivity contribution < 1.29 is 19.1 Å². The van der Waals surface area contributed by atoms with Gasteiger partial charge < -0.3 is 14.8 Å². The summed E-state index contributed by atoms with van der Waals surface area (Å²) >= 11 is 0. The number of hydrogen-bond acceptors (Lipinski definition) is 4. The average molecular weight is 359 g/mol. The highest BCUT2D eigenvalue weighted by Crippen LogP contribution is 2.16. The fraction of sp³-hybridized carbons (Fsp3) is 0.524. The van der Waals surface area contributed by atoms with Crippen LogP contribution in [0.4, 0.5) is 0 Å². The molecule has 5 nitrogen and oxygen atoms in total. The molecule has 0 aliphatic rings. The van der Waals surface area contributed by atoms with Crippen molar-refractivity contribution in [2.24, 2.45) is 5.92 Å². The minimum atomic E-state index is -0.245. The van der Waals surface area contributed by atoms with Crippen LogP contribution in [-0.2, 0) is 25.7 Å². The van der Waals surface area contributed by atoms with Crippen LogP contribution in [0.15, 0.2) is 24.3 Å².